The lowest BCUT2D eigenvalue weighted by Crippen LogP contribution is -2.40. The summed E-state index contributed by atoms with van der Waals surface area (Å²) >= 11 is 6.06. The minimum absolute atomic E-state index is 0.107. The Morgan fingerprint density at radius 2 is 2.08 bits per heavy atom. The number of hydrogen-bond acceptors (Lipinski definition) is 7. The number of anilines is 1. The first kappa shape index (κ1) is 25.8. The number of benzene rings is 2. The average Bonchev–Trinajstić information content (AvgIpc) is 3.35. The molecule has 1 aliphatic rings. The summed E-state index contributed by atoms with van der Waals surface area (Å²) in [6.45, 7) is 2.92. The first-order valence-electron chi connectivity index (χ1n) is 12.0. The molecule has 2 heterocycles. The third-order valence-corrected chi connectivity index (χ3v) is 6.26. The summed E-state index contributed by atoms with van der Waals surface area (Å²) in [6.07, 6.45) is 2.36. The number of carbonyl (C=O) groups excluding carboxylic acids is 2. The molecule has 0 bridgehead atoms. The van der Waals surface area contributed by atoms with Crippen molar-refractivity contribution in [1.82, 2.24) is 20.4 Å². The highest BCUT2D eigenvalue weighted by Gasteiger charge is 2.28. The first-order valence-corrected chi connectivity index (χ1v) is 12.4. The summed E-state index contributed by atoms with van der Waals surface area (Å²) < 4.78 is 10.5. The Morgan fingerprint density at radius 1 is 1.22 bits per heavy atom. The molecule has 0 spiro atoms. The Morgan fingerprint density at radius 3 is 2.92 bits per heavy atom. The molecule has 1 saturated heterocycles. The number of para-hydroxylation sites is 1. The molecule has 2 N–H and O–H groups in total. The monoisotopic (exact) mass is 511 g/mol. The fourth-order valence-corrected chi connectivity index (χ4v) is 4.40. The van der Waals surface area contributed by atoms with Gasteiger partial charge in [-0.25, -0.2) is 0 Å². The molecule has 0 saturated carbocycles. The van der Waals surface area contributed by atoms with Gasteiger partial charge in [-0.05, 0) is 50.1 Å². The molecular formula is C26H30ClN5O4. The summed E-state index contributed by atoms with van der Waals surface area (Å²) in [7, 11) is 1.62. The highest BCUT2D eigenvalue weighted by molar-refractivity contribution is 6.30. The van der Waals surface area contributed by atoms with Crippen LogP contribution in [0.15, 0.2) is 53.1 Å². The lowest BCUT2D eigenvalue weighted by molar-refractivity contribution is -0.121. The van der Waals surface area contributed by atoms with Crippen molar-refractivity contribution < 1.29 is 18.8 Å². The van der Waals surface area contributed by atoms with Crippen LogP contribution in [0.3, 0.4) is 0 Å². The van der Waals surface area contributed by atoms with Gasteiger partial charge in [0, 0.05) is 37.4 Å². The Hall–Kier alpha value is -3.27. The lowest BCUT2D eigenvalue weighted by Gasteiger charge is -2.31. The Bertz CT molecular complexity index is 1180. The van der Waals surface area contributed by atoms with Gasteiger partial charge in [-0.3, -0.25) is 14.5 Å². The Kier molecular flexibility index (Phi) is 9.05. The van der Waals surface area contributed by atoms with E-state index in [1.807, 2.05) is 12.1 Å². The number of hydrogen-bond donors (Lipinski definition) is 2. The van der Waals surface area contributed by atoms with Crippen LogP contribution in [-0.2, 0) is 16.1 Å². The number of rotatable bonds is 10. The van der Waals surface area contributed by atoms with Crippen LogP contribution in [0.4, 0.5) is 5.69 Å². The molecular weight excluding hydrogens is 482 g/mol. The predicted molar refractivity (Wildman–Crippen MR) is 137 cm³/mol. The SMILES string of the molecule is COCCCNC(=O)c1ccccc1NC(=O)C1CCCN(Cc2nc(-c3cccc(Cl)c3)no2)C1. The summed E-state index contributed by atoms with van der Waals surface area (Å²) in [5.74, 6) is 0.424. The van der Waals surface area contributed by atoms with Crippen molar-refractivity contribution in [3.05, 3.63) is 65.0 Å². The van der Waals surface area contributed by atoms with Gasteiger partial charge < -0.3 is 19.9 Å². The molecule has 10 heteroatoms. The number of aromatic nitrogens is 2. The quantitative estimate of drug-likeness (QED) is 0.396. The molecule has 0 aliphatic carbocycles. The molecule has 1 aliphatic heterocycles. The van der Waals surface area contributed by atoms with Gasteiger partial charge >= 0.3 is 0 Å². The van der Waals surface area contributed by atoms with Crippen LogP contribution < -0.4 is 10.6 Å². The predicted octanol–water partition coefficient (Wildman–Crippen LogP) is 4.01. The molecule has 1 atom stereocenters. The number of carbonyl (C=O) groups is 2. The number of halogens is 1. The molecule has 4 rings (SSSR count). The molecule has 2 amide bonds. The number of ether oxygens (including phenoxy) is 1. The van der Waals surface area contributed by atoms with Crippen LogP contribution in [0, 0.1) is 5.92 Å². The zero-order valence-corrected chi connectivity index (χ0v) is 21.0. The number of nitrogens with zero attached hydrogens (tertiary/aromatic N) is 3. The molecule has 1 unspecified atom stereocenters. The fourth-order valence-electron chi connectivity index (χ4n) is 4.21. The van der Waals surface area contributed by atoms with E-state index in [4.69, 9.17) is 20.9 Å². The van der Waals surface area contributed by atoms with E-state index in [0.717, 1.165) is 31.4 Å². The van der Waals surface area contributed by atoms with Crippen LogP contribution in [0.5, 0.6) is 0 Å². The zero-order valence-electron chi connectivity index (χ0n) is 20.2. The summed E-state index contributed by atoms with van der Waals surface area (Å²) in [4.78, 5) is 32.4. The molecule has 190 valence electrons. The van der Waals surface area contributed by atoms with Crippen molar-refractivity contribution >= 4 is 29.1 Å². The second-order valence-corrected chi connectivity index (χ2v) is 9.17. The standard InChI is InChI=1S/C26H30ClN5O4/c1-35-14-6-12-28-26(34)21-10-2-3-11-22(21)29-25(33)19-8-5-13-32(16-19)17-23-30-24(31-36-23)18-7-4-9-20(27)15-18/h2-4,7,9-11,15,19H,5-6,8,12-14,16-17H2,1H3,(H,28,34)(H,29,33). The van der Waals surface area contributed by atoms with Crippen LogP contribution in [-0.4, -0.2) is 60.2 Å². The number of piperidine rings is 1. The number of likely N-dealkylation sites (tertiary alicyclic amines) is 1. The van der Waals surface area contributed by atoms with E-state index < -0.39 is 0 Å². The molecule has 9 nitrogen and oxygen atoms in total. The second-order valence-electron chi connectivity index (χ2n) is 8.73. The van der Waals surface area contributed by atoms with Gasteiger partial charge in [-0.1, -0.05) is 41.0 Å². The van der Waals surface area contributed by atoms with Crippen molar-refractivity contribution in [1.29, 1.82) is 0 Å². The highest BCUT2D eigenvalue weighted by atomic mass is 35.5. The van der Waals surface area contributed by atoms with Crippen molar-refractivity contribution in [2.75, 3.05) is 38.7 Å². The highest BCUT2D eigenvalue weighted by Crippen LogP contribution is 2.24. The van der Waals surface area contributed by atoms with Gasteiger partial charge in [0.05, 0.1) is 23.7 Å². The van der Waals surface area contributed by atoms with E-state index in [1.165, 1.54) is 0 Å². The fraction of sp³-hybridized carbons (Fsp3) is 0.385. The van der Waals surface area contributed by atoms with Crippen LogP contribution in [0.25, 0.3) is 11.4 Å². The third-order valence-electron chi connectivity index (χ3n) is 6.03. The smallest absolute Gasteiger partial charge is 0.253 e. The topological polar surface area (TPSA) is 110 Å². The maximum absolute atomic E-state index is 13.1. The van der Waals surface area contributed by atoms with E-state index in [9.17, 15) is 9.59 Å². The zero-order chi connectivity index (χ0) is 25.3. The van der Waals surface area contributed by atoms with Gasteiger partial charge in [0.1, 0.15) is 0 Å². The summed E-state index contributed by atoms with van der Waals surface area (Å²) in [5, 5.41) is 10.5. The van der Waals surface area contributed by atoms with Gasteiger partial charge in [0.25, 0.3) is 5.91 Å². The molecule has 1 fully saturated rings. The Labute approximate surface area is 215 Å². The van der Waals surface area contributed by atoms with Gasteiger partial charge in [-0.2, -0.15) is 4.98 Å². The van der Waals surface area contributed by atoms with Gasteiger partial charge in [-0.15, -0.1) is 0 Å². The largest absolute Gasteiger partial charge is 0.385 e. The molecule has 0 radical (unpaired) electrons. The van der Waals surface area contributed by atoms with Crippen LogP contribution in [0.1, 0.15) is 35.5 Å². The first-order chi connectivity index (χ1) is 17.5. The van der Waals surface area contributed by atoms with E-state index in [0.29, 0.717) is 54.2 Å². The van der Waals surface area contributed by atoms with Crippen molar-refractivity contribution in [3.8, 4) is 11.4 Å². The van der Waals surface area contributed by atoms with Crippen molar-refractivity contribution in [2.45, 2.75) is 25.8 Å². The second kappa shape index (κ2) is 12.6. The Balaban J connectivity index is 1.34. The van der Waals surface area contributed by atoms with Crippen molar-refractivity contribution in [3.63, 3.8) is 0 Å². The van der Waals surface area contributed by atoms with E-state index in [1.54, 1.807) is 43.5 Å². The maximum Gasteiger partial charge on any atom is 0.253 e. The normalized spacial score (nSPS) is 16.0. The molecule has 2 aromatic carbocycles. The number of amides is 2. The van der Waals surface area contributed by atoms with E-state index >= 15 is 0 Å². The van der Waals surface area contributed by atoms with E-state index in [-0.39, 0.29) is 17.7 Å². The van der Waals surface area contributed by atoms with E-state index in [2.05, 4.69) is 25.7 Å². The number of methoxy groups -OCH3 is 1. The molecule has 3 aromatic rings. The van der Waals surface area contributed by atoms with Gasteiger partial charge in [0.2, 0.25) is 17.6 Å². The van der Waals surface area contributed by atoms with Crippen LogP contribution >= 0.6 is 11.6 Å². The minimum atomic E-state index is -0.223. The minimum Gasteiger partial charge on any atom is -0.385 e. The van der Waals surface area contributed by atoms with Crippen LogP contribution in [0.2, 0.25) is 5.02 Å². The third kappa shape index (κ3) is 6.90. The molecule has 36 heavy (non-hydrogen) atoms. The summed E-state index contributed by atoms with van der Waals surface area (Å²) in [5.41, 5.74) is 1.73. The number of nitrogens with one attached hydrogen (secondary N) is 2. The molecule has 1 aromatic heterocycles. The maximum atomic E-state index is 13.1. The average molecular weight is 512 g/mol. The summed E-state index contributed by atoms with van der Waals surface area (Å²) in [6, 6.07) is 14.3. The van der Waals surface area contributed by atoms with Crippen molar-refractivity contribution in [2.24, 2.45) is 5.92 Å². The lowest BCUT2D eigenvalue weighted by atomic mass is 9.96. The van der Waals surface area contributed by atoms with Gasteiger partial charge in [0.15, 0.2) is 0 Å².